The van der Waals surface area contributed by atoms with E-state index in [9.17, 15) is 9.59 Å². The van der Waals surface area contributed by atoms with Gasteiger partial charge in [-0.1, -0.05) is 49.7 Å². The van der Waals surface area contributed by atoms with Crippen molar-refractivity contribution in [1.82, 2.24) is 10.2 Å². The molecule has 0 bridgehead atoms. The molecule has 3 rings (SSSR count). The van der Waals surface area contributed by atoms with Crippen molar-refractivity contribution in [3.05, 3.63) is 64.7 Å². The standard InChI is InChI=1S/C25H32N2O3/c1-5-26-23(28)16-30-21-11-10-19-12-13-27(24(29)14-17(2)3)25(22(19)15-21)20-8-6-18(4)7-9-20/h6-11,15,17,25H,5,12-14,16H2,1-4H3,(H,26,28). The van der Waals surface area contributed by atoms with E-state index in [0.717, 1.165) is 17.5 Å². The Morgan fingerprint density at radius 2 is 1.90 bits per heavy atom. The molecule has 5 nitrogen and oxygen atoms in total. The minimum atomic E-state index is -0.145. The summed E-state index contributed by atoms with van der Waals surface area (Å²) in [6.07, 6.45) is 1.35. The second-order valence-corrected chi connectivity index (χ2v) is 8.35. The van der Waals surface area contributed by atoms with E-state index in [2.05, 4.69) is 56.4 Å². The fourth-order valence-electron chi connectivity index (χ4n) is 3.92. The highest BCUT2D eigenvalue weighted by Crippen LogP contribution is 2.37. The van der Waals surface area contributed by atoms with Gasteiger partial charge in [-0.3, -0.25) is 9.59 Å². The molecule has 1 unspecified atom stereocenters. The highest BCUT2D eigenvalue weighted by Gasteiger charge is 2.32. The van der Waals surface area contributed by atoms with Gasteiger partial charge in [-0.05, 0) is 55.0 Å². The number of hydrogen-bond donors (Lipinski definition) is 1. The largest absolute Gasteiger partial charge is 0.484 e. The molecule has 1 aliphatic heterocycles. The van der Waals surface area contributed by atoms with Crippen molar-refractivity contribution < 1.29 is 14.3 Å². The Morgan fingerprint density at radius 1 is 1.17 bits per heavy atom. The van der Waals surface area contributed by atoms with E-state index >= 15 is 0 Å². The molecule has 1 aliphatic rings. The molecule has 30 heavy (non-hydrogen) atoms. The highest BCUT2D eigenvalue weighted by molar-refractivity contribution is 5.78. The van der Waals surface area contributed by atoms with E-state index in [0.29, 0.717) is 31.2 Å². The summed E-state index contributed by atoms with van der Waals surface area (Å²) in [4.78, 5) is 26.9. The maximum Gasteiger partial charge on any atom is 0.257 e. The predicted molar refractivity (Wildman–Crippen MR) is 119 cm³/mol. The number of rotatable bonds is 7. The first-order chi connectivity index (χ1) is 14.4. The number of likely N-dealkylation sites (N-methyl/N-ethyl adjacent to an activating group) is 1. The van der Waals surface area contributed by atoms with Crippen LogP contribution >= 0.6 is 0 Å². The molecule has 0 saturated carbocycles. The van der Waals surface area contributed by atoms with Gasteiger partial charge < -0.3 is 15.0 Å². The molecular weight excluding hydrogens is 376 g/mol. The lowest BCUT2D eigenvalue weighted by molar-refractivity contribution is -0.134. The van der Waals surface area contributed by atoms with Crippen LogP contribution in [0, 0.1) is 12.8 Å². The van der Waals surface area contributed by atoms with Gasteiger partial charge in [-0.25, -0.2) is 0 Å². The van der Waals surface area contributed by atoms with Gasteiger partial charge in [-0.15, -0.1) is 0 Å². The quantitative estimate of drug-likeness (QED) is 0.752. The van der Waals surface area contributed by atoms with Crippen molar-refractivity contribution in [1.29, 1.82) is 0 Å². The molecule has 2 amide bonds. The normalized spacial score (nSPS) is 15.6. The number of hydrogen-bond acceptors (Lipinski definition) is 3. The summed E-state index contributed by atoms with van der Waals surface area (Å²) >= 11 is 0. The summed E-state index contributed by atoms with van der Waals surface area (Å²) in [6, 6.07) is 14.2. The second-order valence-electron chi connectivity index (χ2n) is 8.35. The fraction of sp³-hybridized carbons (Fsp3) is 0.440. The van der Waals surface area contributed by atoms with Gasteiger partial charge >= 0.3 is 0 Å². The van der Waals surface area contributed by atoms with Crippen LogP contribution in [-0.4, -0.2) is 36.4 Å². The minimum Gasteiger partial charge on any atom is -0.484 e. The molecule has 0 spiro atoms. The monoisotopic (exact) mass is 408 g/mol. The number of amides is 2. The lowest BCUT2D eigenvalue weighted by atomic mass is 9.87. The van der Waals surface area contributed by atoms with Crippen LogP contribution < -0.4 is 10.1 Å². The molecule has 0 radical (unpaired) electrons. The predicted octanol–water partition coefficient (Wildman–Crippen LogP) is 4.03. The van der Waals surface area contributed by atoms with E-state index < -0.39 is 0 Å². The first-order valence-electron chi connectivity index (χ1n) is 10.8. The van der Waals surface area contributed by atoms with Gasteiger partial charge in [0.15, 0.2) is 6.61 Å². The molecule has 1 heterocycles. The molecule has 5 heteroatoms. The number of nitrogens with zero attached hydrogens (tertiary/aromatic N) is 1. The molecule has 2 aromatic carbocycles. The van der Waals surface area contributed by atoms with Crippen molar-refractivity contribution >= 4 is 11.8 Å². The van der Waals surface area contributed by atoms with Gasteiger partial charge in [0.05, 0.1) is 6.04 Å². The molecule has 1 atom stereocenters. The van der Waals surface area contributed by atoms with Crippen LogP contribution in [0.1, 0.15) is 55.5 Å². The van der Waals surface area contributed by atoms with Crippen LogP contribution in [0.2, 0.25) is 0 Å². The number of ether oxygens (including phenoxy) is 1. The molecule has 0 aromatic heterocycles. The lowest BCUT2D eigenvalue weighted by Crippen LogP contribution is -2.41. The van der Waals surface area contributed by atoms with Crippen LogP contribution in [0.5, 0.6) is 5.75 Å². The fourth-order valence-corrected chi connectivity index (χ4v) is 3.92. The lowest BCUT2D eigenvalue weighted by Gasteiger charge is -2.38. The van der Waals surface area contributed by atoms with Gasteiger partial charge in [0.25, 0.3) is 5.91 Å². The summed E-state index contributed by atoms with van der Waals surface area (Å²) < 4.78 is 5.73. The topological polar surface area (TPSA) is 58.6 Å². The van der Waals surface area contributed by atoms with Gasteiger partial charge in [0, 0.05) is 19.5 Å². The van der Waals surface area contributed by atoms with Gasteiger partial charge in [-0.2, -0.15) is 0 Å². The average Bonchev–Trinajstić information content (AvgIpc) is 2.71. The van der Waals surface area contributed by atoms with Crippen LogP contribution in [0.15, 0.2) is 42.5 Å². The summed E-state index contributed by atoms with van der Waals surface area (Å²) in [5.41, 5.74) is 4.59. The third-order valence-corrected chi connectivity index (χ3v) is 5.39. The van der Waals surface area contributed by atoms with Crippen LogP contribution in [0.4, 0.5) is 0 Å². The molecule has 1 N–H and O–H groups in total. The molecule has 2 aromatic rings. The first-order valence-corrected chi connectivity index (χ1v) is 10.8. The highest BCUT2D eigenvalue weighted by atomic mass is 16.5. The maximum absolute atomic E-state index is 13.1. The summed E-state index contributed by atoms with van der Waals surface area (Å²) in [7, 11) is 0. The van der Waals surface area contributed by atoms with E-state index in [1.54, 1.807) is 0 Å². The molecule has 0 fully saturated rings. The minimum absolute atomic E-state index is 0.0161. The third kappa shape index (κ3) is 5.21. The van der Waals surface area contributed by atoms with Crippen molar-refractivity contribution in [3.8, 4) is 5.75 Å². The first kappa shape index (κ1) is 21.9. The summed E-state index contributed by atoms with van der Waals surface area (Å²) in [5, 5.41) is 2.74. The smallest absolute Gasteiger partial charge is 0.257 e. The zero-order valence-corrected chi connectivity index (χ0v) is 18.4. The second kappa shape index (κ2) is 9.79. The Balaban J connectivity index is 1.95. The Morgan fingerprint density at radius 3 is 2.57 bits per heavy atom. The number of fused-ring (bicyclic) bond motifs is 1. The van der Waals surface area contributed by atoms with E-state index in [1.165, 1.54) is 11.1 Å². The number of benzene rings is 2. The van der Waals surface area contributed by atoms with E-state index in [4.69, 9.17) is 4.74 Å². The Labute approximate surface area is 179 Å². The number of nitrogens with one attached hydrogen (secondary N) is 1. The van der Waals surface area contributed by atoms with Crippen molar-refractivity contribution in [2.75, 3.05) is 19.7 Å². The number of aryl methyl sites for hydroxylation is 1. The van der Waals surface area contributed by atoms with Gasteiger partial charge in [0.2, 0.25) is 5.91 Å². The Kier molecular flexibility index (Phi) is 7.14. The summed E-state index contributed by atoms with van der Waals surface area (Å²) in [5.74, 6) is 0.994. The zero-order valence-electron chi connectivity index (χ0n) is 18.4. The number of carbonyl (C=O) groups is 2. The molecular formula is C25H32N2O3. The zero-order chi connectivity index (χ0) is 21.7. The Bertz CT molecular complexity index is 890. The van der Waals surface area contributed by atoms with Crippen LogP contribution in [0.25, 0.3) is 0 Å². The van der Waals surface area contributed by atoms with Crippen molar-refractivity contribution in [2.24, 2.45) is 5.92 Å². The SMILES string of the molecule is CCNC(=O)COc1ccc2c(c1)C(c1ccc(C)cc1)N(C(=O)CC(C)C)CC2. The molecule has 160 valence electrons. The van der Waals surface area contributed by atoms with Crippen LogP contribution in [-0.2, 0) is 16.0 Å². The summed E-state index contributed by atoms with van der Waals surface area (Å²) in [6.45, 7) is 9.36. The van der Waals surface area contributed by atoms with E-state index in [1.807, 2.05) is 24.0 Å². The average molecular weight is 409 g/mol. The van der Waals surface area contributed by atoms with Crippen molar-refractivity contribution in [2.45, 2.75) is 46.6 Å². The van der Waals surface area contributed by atoms with Gasteiger partial charge in [0.1, 0.15) is 5.75 Å². The number of carbonyl (C=O) groups excluding carboxylic acids is 2. The van der Waals surface area contributed by atoms with Crippen molar-refractivity contribution in [3.63, 3.8) is 0 Å². The Hall–Kier alpha value is -2.82. The molecule has 0 aliphatic carbocycles. The molecule has 0 saturated heterocycles. The van der Waals surface area contributed by atoms with E-state index in [-0.39, 0.29) is 24.5 Å². The third-order valence-electron chi connectivity index (χ3n) is 5.39. The maximum atomic E-state index is 13.1. The van der Waals surface area contributed by atoms with Crippen LogP contribution in [0.3, 0.4) is 0 Å².